The van der Waals surface area contributed by atoms with E-state index in [9.17, 15) is 4.79 Å². The van der Waals surface area contributed by atoms with Crippen LogP contribution in [0.1, 0.15) is 26.2 Å². The molecule has 0 aliphatic heterocycles. The third kappa shape index (κ3) is 9.53. The lowest BCUT2D eigenvalue weighted by Crippen LogP contribution is -2.35. The molecular weight excluding hydrogens is 184 g/mol. The molecule has 0 bridgehead atoms. The number of unbranched alkanes of at least 4 members (excludes halogenated alkanes) is 2. The Morgan fingerprint density at radius 1 is 1.23 bits per heavy atom. The van der Waals surface area contributed by atoms with E-state index in [2.05, 4.69) is 16.9 Å². The maximum atomic E-state index is 10.9. The van der Waals surface area contributed by atoms with Gasteiger partial charge in [-0.15, -0.1) is 0 Å². The van der Waals surface area contributed by atoms with Gasteiger partial charge in [0, 0.05) is 13.1 Å². The molecule has 0 aromatic rings. The van der Waals surface area contributed by atoms with Crippen LogP contribution in [0.3, 0.4) is 0 Å². The molecular formula is C9H20N2OS. The average molecular weight is 204 g/mol. The molecule has 78 valence electrons. The van der Waals surface area contributed by atoms with Crippen molar-refractivity contribution in [1.82, 2.24) is 10.6 Å². The number of rotatable bonds is 7. The summed E-state index contributed by atoms with van der Waals surface area (Å²) in [4.78, 5) is 10.9. The van der Waals surface area contributed by atoms with Crippen molar-refractivity contribution in [2.75, 3.05) is 25.1 Å². The van der Waals surface area contributed by atoms with Crippen molar-refractivity contribution in [3.63, 3.8) is 0 Å². The van der Waals surface area contributed by atoms with Gasteiger partial charge in [-0.05, 0) is 31.8 Å². The normalized spacial score (nSPS) is 9.69. The summed E-state index contributed by atoms with van der Waals surface area (Å²) in [6, 6.07) is -0.0487. The molecule has 0 rings (SSSR count). The quantitative estimate of drug-likeness (QED) is 0.621. The molecule has 2 amide bonds. The maximum Gasteiger partial charge on any atom is 0.314 e. The SMILES string of the molecule is CCNC(=O)NCCCCCSC. The summed E-state index contributed by atoms with van der Waals surface area (Å²) in [5.41, 5.74) is 0. The molecule has 3 nitrogen and oxygen atoms in total. The van der Waals surface area contributed by atoms with Crippen LogP contribution in [0.5, 0.6) is 0 Å². The number of urea groups is 1. The highest BCUT2D eigenvalue weighted by atomic mass is 32.2. The Morgan fingerprint density at radius 2 is 2.00 bits per heavy atom. The van der Waals surface area contributed by atoms with Crippen molar-refractivity contribution in [2.45, 2.75) is 26.2 Å². The molecule has 0 radical (unpaired) electrons. The van der Waals surface area contributed by atoms with Gasteiger partial charge in [0.25, 0.3) is 0 Å². The molecule has 2 N–H and O–H groups in total. The second-order valence-electron chi connectivity index (χ2n) is 2.84. The van der Waals surface area contributed by atoms with Crippen LogP contribution in [-0.2, 0) is 0 Å². The van der Waals surface area contributed by atoms with E-state index < -0.39 is 0 Å². The van der Waals surface area contributed by atoms with Crippen LogP contribution in [-0.4, -0.2) is 31.1 Å². The number of hydrogen-bond donors (Lipinski definition) is 2. The van der Waals surface area contributed by atoms with Gasteiger partial charge in [-0.25, -0.2) is 4.79 Å². The standard InChI is InChI=1S/C9H20N2OS/c1-3-10-9(12)11-7-5-4-6-8-13-2/h3-8H2,1-2H3,(H2,10,11,12). The van der Waals surface area contributed by atoms with Crippen molar-refractivity contribution in [2.24, 2.45) is 0 Å². The summed E-state index contributed by atoms with van der Waals surface area (Å²) >= 11 is 1.87. The minimum atomic E-state index is -0.0487. The molecule has 0 spiro atoms. The zero-order chi connectivity index (χ0) is 9.94. The van der Waals surface area contributed by atoms with E-state index in [-0.39, 0.29) is 6.03 Å². The molecule has 4 heteroatoms. The van der Waals surface area contributed by atoms with E-state index in [1.54, 1.807) is 0 Å². The second-order valence-corrected chi connectivity index (χ2v) is 3.83. The number of carbonyl (C=O) groups excluding carboxylic acids is 1. The van der Waals surface area contributed by atoms with Gasteiger partial charge in [0.05, 0.1) is 0 Å². The molecule has 0 saturated carbocycles. The lowest BCUT2D eigenvalue weighted by molar-refractivity contribution is 0.241. The first-order valence-electron chi connectivity index (χ1n) is 4.82. The lowest BCUT2D eigenvalue weighted by Gasteiger charge is -2.04. The fourth-order valence-electron chi connectivity index (χ4n) is 0.973. The van der Waals surface area contributed by atoms with Gasteiger partial charge in [0.1, 0.15) is 0 Å². The Kier molecular flexibility index (Phi) is 9.42. The summed E-state index contributed by atoms with van der Waals surface area (Å²) in [6.07, 6.45) is 5.65. The number of amides is 2. The van der Waals surface area contributed by atoms with Crippen LogP contribution in [0.25, 0.3) is 0 Å². The van der Waals surface area contributed by atoms with E-state index in [4.69, 9.17) is 0 Å². The van der Waals surface area contributed by atoms with Crippen LogP contribution in [0.4, 0.5) is 4.79 Å². The molecule has 0 saturated heterocycles. The summed E-state index contributed by atoms with van der Waals surface area (Å²) in [6.45, 7) is 3.40. The van der Waals surface area contributed by atoms with Gasteiger partial charge in [-0.3, -0.25) is 0 Å². The largest absolute Gasteiger partial charge is 0.338 e. The van der Waals surface area contributed by atoms with Gasteiger partial charge in [-0.1, -0.05) is 6.42 Å². The zero-order valence-corrected chi connectivity index (χ0v) is 9.38. The predicted octanol–water partition coefficient (Wildman–Crippen LogP) is 1.84. The van der Waals surface area contributed by atoms with E-state index in [1.807, 2.05) is 18.7 Å². The Morgan fingerprint density at radius 3 is 2.62 bits per heavy atom. The maximum absolute atomic E-state index is 10.9. The van der Waals surface area contributed by atoms with Gasteiger partial charge in [0.15, 0.2) is 0 Å². The van der Waals surface area contributed by atoms with Gasteiger partial charge in [0.2, 0.25) is 0 Å². The topological polar surface area (TPSA) is 41.1 Å². The average Bonchev–Trinajstić information content (AvgIpc) is 2.11. The first kappa shape index (κ1) is 12.6. The monoisotopic (exact) mass is 204 g/mol. The highest BCUT2D eigenvalue weighted by Gasteiger charge is 1.95. The zero-order valence-electron chi connectivity index (χ0n) is 8.56. The molecule has 0 unspecified atom stereocenters. The predicted molar refractivity (Wildman–Crippen MR) is 59.3 cm³/mol. The number of nitrogens with one attached hydrogen (secondary N) is 2. The summed E-state index contributed by atoms with van der Waals surface area (Å²) < 4.78 is 0. The van der Waals surface area contributed by atoms with Crippen LogP contribution in [0.15, 0.2) is 0 Å². The molecule has 0 aromatic heterocycles. The highest BCUT2D eigenvalue weighted by molar-refractivity contribution is 7.98. The van der Waals surface area contributed by atoms with Crippen LogP contribution in [0, 0.1) is 0 Å². The van der Waals surface area contributed by atoms with Crippen LogP contribution >= 0.6 is 11.8 Å². The third-order valence-corrected chi connectivity index (χ3v) is 2.35. The summed E-state index contributed by atoms with van der Waals surface area (Å²) in [5, 5.41) is 5.50. The van der Waals surface area contributed by atoms with Gasteiger partial charge >= 0.3 is 6.03 Å². The molecule has 0 aromatic carbocycles. The number of carbonyl (C=O) groups is 1. The molecule has 0 fully saturated rings. The van der Waals surface area contributed by atoms with E-state index in [0.29, 0.717) is 6.54 Å². The fraction of sp³-hybridized carbons (Fsp3) is 0.889. The van der Waals surface area contributed by atoms with Crippen molar-refractivity contribution in [1.29, 1.82) is 0 Å². The first-order valence-corrected chi connectivity index (χ1v) is 6.21. The minimum absolute atomic E-state index is 0.0487. The molecule has 0 aliphatic carbocycles. The summed E-state index contributed by atoms with van der Waals surface area (Å²) in [7, 11) is 0. The first-order chi connectivity index (χ1) is 6.31. The summed E-state index contributed by atoms with van der Waals surface area (Å²) in [5.74, 6) is 1.22. The lowest BCUT2D eigenvalue weighted by atomic mass is 10.2. The van der Waals surface area contributed by atoms with Crippen LogP contribution in [0.2, 0.25) is 0 Å². The van der Waals surface area contributed by atoms with E-state index in [0.717, 1.165) is 13.0 Å². The Balaban J connectivity index is 3.02. The number of thioether (sulfide) groups is 1. The Labute approximate surface area is 85.0 Å². The highest BCUT2D eigenvalue weighted by Crippen LogP contribution is 2.00. The van der Waals surface area contributed by atoms with Crippen molar-refractivity contribution in [3.8, 4) is 0 Å². The smallest absolute Gasteiger partial charge is 0.314 e. The van der Waals surface area contributed by atoms with Crippen molar-refractivity contribution >= 4 is 17.8 Å². The van der Waals surface area contributed by atoms with E-state index in [1.165, 1.54) is 18.6 Å². The minimum Gasteiger partial charge on any atom is -0.338 e. The third-order valence-electron chi connectivity index (χ3n) is 1.65. The van der Waals surface area contributed by atoms with Gasteiger partial charge in [-0.2, -0.15) is 11.8 Å². The van der Waals surface area contributed by atoms with Crippen molar-refractivity contribution in [3.05, 3.63) is 0 Å². The van der Waals surface area contributed by atoms with Crippen LogP contribution < -0.4 is 10.6 Å². The van der Waals surface area contributed by atoms with Gasteiger partial charge < -0.3 is 10.6 Å². The fourth-order valence-corrected chi connectivity index (χ4v) is 1.47. The second kappa shape index (κ2) is 9.71. The molecule has 0 heterocycles. The molecule has 0 atom stereocenters. The van der Waals surface area contributed by atoms with E-state index >= 15 is 0 Å². The van der Waals surface area contributed by atoms with Crippen molar-refractivity contribution < 1.29 is 4.79 Å². The Bertz CT molecular complexity index is 131. The molecule has 0 aliphatic rings. The number of hydrogen-bond acceptors (Lipinski definition) is 2. The molecule has 13 heavy (non-hydrogen) atoms. The Hall–Kier alpha value is -0.380.